The fraction of sp³-hybridized carbons (Fsp3) is 0.0667. The summed E-state index contributed by atoms with van der Waals surface area (Å²) in [6.45, 7) is -0.0653. The van der Waals surface area contributed by atoms with E-state index in [0.717, 1.165) is 6.07 Å². The lowest BCUT2D eigenvalue weighted by Gasteiger charge is -2.03. The van der Waals surface area contributed by atoms with Crippen LogP contribution < -0.4 is 4.74 Å². The molecule has 0 aliphatic heterocycles. The first kappa shape index (κ1) is 15.7. The Morgan fingerprint density at radius 1 is 1.04 bits per heavy atom. The summed E-state index contributed by atoms with van der Waals surface area (Å²) in [5.74, 6) is -0.585. The molecular formula is C15H8Cl2F2N2O2. The van der Waals surface area contributed by atoms with Crippen molar-refractivity contribution >= 4 is 23.2 Å². The summed E-state index contributed by atoms with van der Waals surface area (Å²) in [5.41, 5.74) is 0.220. The van der Waals surface area contributed by atoms with Crippen LogP contribution in [-0.2, 0) is 6.61 Å². The van der Waals surface area contributed by atoms with Gasteiger partial charge in [-0.1, -0.05) is 29.3 Å². The molecule has 0 atom stereocenters. The molecule has 2 aromatic carbocycles. The molecule has 8 heteroatoms. The maximum Gasteiger partial charge on any atom is 0.254 e. The van der Waals surface area contributed by atoms with Gasteiger partial charge in [0, 0.05) is 6.07 Å². The van der Waals surface area contributed by atoms with E-state index >= 15 is 0 Å². The minimum Gasteiger partial charge on any atom is -0.484 e. The van der Waals surface area contributed by atoms with Gasteiger partial charge in [-0.3, -0.25) is 0 Å². The molecule has 0 radical (unpaired) electrons. The van der Waals surface area contributed by atoms with Crippen LogP contribution in [0.25, 0.3) is 11.5 Å². The van der Waals surface area contributed by atoms with Crippen molar-refractivity contribution in [2.24, 2.45) is 0 Å². The summed E-state index contributed by atoms with van der Waals surface area (Å²) in [5, 5.41) is 7.63. The highest BCUT2D eigenvalue weighted by Gasteiger charge is 2.15. The lowest BCUT2D eigenvalue weighted by Crippen LogP contribution is -1.95. The molecule has 4 nitrogen and oxygen atoms in total. The second-order valence-corrected chi connectivity index (χ2v) is 5.31. The van der Waals surface area contributed by atoms with Gasteiger partial charge in [-0.15, -0.1) is 10.2 Å². The summed E-state index contributed by atoms with van der Waals surface area (Å²) in [7, 11) is 0. The van der Waals surface area contributed by atoms with Crippen LogP contribution in [0.15, 0.2) is 40.8 Å². The molecule has 0 spiro atoms. The van der Waals surface area contributed by atoms with Gasteiger partial charge in [0.25, 0.3) is 5.89 Å². The molecule has 0 N–H and O–H groups in total. The second kappa shape index (κ2) is 6.52. The number of hydrogen-bond donors (Lipinski definition) is 0. The van der Waals surface area contributed by atoms with Crippen molar-refractivity contribution in [2.45, 2.75) is 6.61 Å². The third-order valence-electron chi connectivity index (χ3n) is 2.87. The predicted octanol–water partition coefficient (Wildman–Crippen LogP) is 4.90. The van der Waals surface area contributed by atoms with Gasteiger partial charge in [-0.05, 0) is 24.3 Å². The highest BCUT2D eigenvalue weighted by Crippen LogP contribution is 2.31. The molecule has 0 amide bonds. The fourth-order valence-corrected chi connectivity index (χ4v) is 2.27. The van der Waals surface area contributed by atoms with Crippen LogP contribution in [0.1, 0.15) is 5.89 Å². The molecule has 3 aromatic rings. The summed E-state index contributed by atoms with van der Waals surface area (Å²) in [6, 6.07) is 7.99. The van der Waals surface area contributed by atoms with E-state index in [4.69, 9.17) is 32.4 Å². The van der Waals surface area contributed by atoms with Crippen molar-refractivity contribution in [3.8, 4) is 17.2 Å². The van der Waals surface area contributed by atoms with E-state index in [0.29, 0.717) is 5.75 Å². The molecule has 0 aliphatic carbocycles. The lowest BCUT2D eigenvalue weighted by molar-refractivity contribution is 0.263. The number of nitrogens with zero attached hydrogens (tertiary/aromatic N) is 2. The summed E-state index contributed by atoms with van der Waals surface area (Å²) >= 11 is 11.6. The maximum atomic E-state index is 13.5. The molecule has 0 fully saturated rings. The van der Waals surface area contributed by atoms with E-state index in [9.17, 15) is 8.78 Å². The Bertz CT molecular complexity index is 855. The van der Waals surface area contributed by atoms with Crippen LogP contribution in [-0.4, -0.2) is 10.2 Å². The molecule has 118 valence electrons. The van der Waals surface area contributed by atoms with Crippen LogP contribution in [0.5, 0.6) is 5.75 Å². The van der Waals surface area contributed by atoms with E-state index in [-0.39, 0.29) is 34.0 Å². The molecule has 23 heavy (non-hydrogen) atoms. The Morgan fingerprint density at radius 3 is 2.65 bits per heavy atom. The minimum absolute atomic E-state index is 0.0309. The van der Waals surface area contributed by atoms with E-state index in [1.807, 2.05) is 0 Å². The minimum atomic E-state index is -0.651. The van der Waals surface area contributed by atoms with Gasteiger partial charge in [0.05, 0.1) is 15.6 Å². The zero-order valence-corrected chi connectivity index (χ0v) is 12.9. The standard InChI is InChI=1S/C15H8Cl2F2N2O2/c16-11-6-12(17)13(19)5-10(11)15-21-20-14(23-15)7-22-9-3-1-2-8(18)4-9/h1-6H,7H2. The first-order valence-corrected chi connectivity index (χ1v) is 7.14. The van der Waals surface area contributed by atoms with Gasteiger partial charge >= 0.3 is 0 Å². The van der Waals surface area contributed by atoms with Crippen molar-refractivity contribution < 1.29 is 17.9 Å². The number of aromatic nitrogens is 2. The normalized spacial score (nSPS) is 10.8. The molecule has 0 unspecified atom stereocenters. The van der Waals surface area contributed by atoms with Crippen molar-refractivity contribution in [1.82, 2.24) is 10.2 Å². The van der Waals surface area contributed by atoms with Crippen LogP contribution in [0.4, 0.5) is 8.78 Å². The van der Waals surface area contributed by atoms with Gasteiger partial charge in [0.15, 0.2) is 6.61 Å². The summed E-state index contributed by atoms with van der Waals surface area (Å²) in [4.78, 5) is 0. The SMILES string of the molecule is Fc1cccc(OCc2nnc(-c3cc(F)c(Cl)cc3Cl)o2)c1. The molecule has 0 saturated heterocycles. The summed E-state index contributed by atoms with van der Waals surface area (Å²) in [6.07, 6.45) is 0. The Balaban J connectivity index is 1.77. The molecule has 1 heterocycles. The van der Waals surface area contributed by atoms with E-state index < -0.39 is 11.6 Å². The number of rotatable bonds is 4. The predicted molar refractivity (Wildman–Crippen MR) is 80.4 cm³/mol. The summed E-state index contributed by atoms with van der Waals surface area (Å²) < 4.78 is 37.3. The molecular weight excluding hydrogens is 349 g/mol. The van der Waals surface area contributed by atoms with Crippen molar-refractivity contribution in [3.63, 3.8) is 0 Å². The van der Waals surface area contributed by atoms with E-state index in [2.05, 4.69) is 10.2 Å². The van der Waals surface area contributed by atoms with E-state index in [1.165, 1.54) is 24.3 Å². The van der Waals surface area contributed by atoms with Crippen LogP contribution >= 0.6 is 23.2 Å². The van der Waals surface area contributed by atoms with Crippen LogP contribution in [0.2, 0.25) is 10.0 Å². The lowest BCUT2D eigenvalue weighted by atomic mass is 10.2. The van der Waals surface area contributed by atoms with Gasteiger partial charge in [0.2, 0.25) is 5.89 Å². The van der Waals surface area contributed by atoms with Gasteiger partial charge in [0.1, 0.15) is 17.4 Å². The number of ether oxygens (including phenoxy) is 1. The topological polar surface area (TPSA) is 48.2 Å². The van der Waals surface area contributed by atoms with Gasteiger partial charge in [-0.25, -0.2) is 8.78 Å². The smallest absolute Gasteiger partial charge is 0.254 e. The average molecular weight is 357 g/mol. The molecule has 0 aliphatic rings. The number of hydrogen-bond acceptors (Lipinski definition) is 4. The fourth-order valence-electron chi connectivity index (χ4n) is 1.81. The third-order valence-corrected chi connectivity index (χ3v) is 3.47. The van der Waals surface area contributed by atoms with Gasteiger partial charge < -0.3 is 9.15 Å². The van der Waals surface area contributed by atoms with Crippen molar-refractivity contribution in [3.05, 3.63) is 64.0 Å². The number of benzene rings is 2. The molecule has 1 aromatic heterocycles. The van der Waals surface area contributed by atoms with Crippen LogP contribution in [0, 0.1) is 11.6 Å². The largest absolute Gasteiger partial charge is 0.484 e. The molecule has 3 rings (SSSR count). The third kappa shape index (κ3) is 3.60. The highest BCUT2D eigenvalue weighted by molar-refractivity contribution is 6.36. The Kier molecular flexibility index (Phi) is 4.45. The van der Waals surface area contributed by atoms with Gasteiger partial charge in [-0.2, -0.15) is 0 Å². The zero-order valence-electron chi connectivity index (χ0n) is 11.4. The monoisotopic (exact) mass is 356 g/mol. The second-order valence-electron chi connectivity index (χ2n) is 4.49. The van der Waals surface area contributed by atoms with E-state index in [1.54, 1.807) is 6.07 Å². The Hall–Kier alpha value is -2.18. The first-order valence-electron chi connectivity index (χ1n) is 6.38. The average Bonchev–Trinajstić information content (AvgIpc) is 2.98. The quantitative estimate of drug-likeness (QED) is 0.623. The Morgan fingerprint density at radius 2 is 1.87 bits per heavy atom. The van der Waals surface area contributed by atoms with Crippen molar-refractivity contribution in [2.75, 3.05) is 0 Å². The first-order chi connectivity index (χ1) is 11.0. The number of halogens is 4. The Labute approximate surface area is 139 Å². The van der Waals surface area contributed by atoms with Crippen LogP contribution in [0.3, 0.4) is 0 Å². The van der Waals surface area contributed by atoms with Crippen molar-refractivity contribution in [1.29, 1.82) is 0 Å². The maximum absolute atomic E-state index is 13.5. The molecule has 0 saturated carbocycles. The highest BCUT2D eigenvalue weighted by atomic mass is 35.5. The molecule has 0 bridgehead atoms. The zero-order chi connectivity index (χ0) is 16.4.